The van der Waals surface area contributed by atoms with Gasteiger partial charge in [-0.3, -0.25) is 4.79 Å². The molecule has 2 rings (SSSR count). The second-order valence-corrected chi connectivity index (χ2v) is 5.11. The zero-order valence-electron chi connectivity index (χ0n) is 11.4. The fourth-order valence-electron chi connectivity index (χ4n) is 2.75. The van der Waals surface area contributed by atoms with Crippen molar-refractivity contribution in [3.8, 4) is 0 Å². The van der Waals surface area contributed by atoms with Gasteiger partial charge in [0, 0.05) is 12.6 Å². The van der Waals surface area contributed by atoms with Gasteiger partial charge in [-0.15, -0.1) is 0 Å². The topological polar surface area (TPSA) is 46.3 Å². The first kappa shape index (κ1) is 13.8. The molecule has 104 valence electrons. The van der Waals surface area contributed by atoms with Crippen LogP contribution in [0.1, 0.15) is 49.4 Å². The number of nitrogens with zero attached hydrogens (tertiary/aromatic N) is 1. The molecule has 0 aromatic heterocycles. The van der Waals surface area contributed by atoms with E-state index in [-0.39, 0.29) is 17.6 Å². The molecule has 1 aliphatic rings. The van der Waals surface area contributed by atoms with Gasteiger partial charge in [0.15, 0.2) is 0 Å². The van der Waals surface area contributed by atoms with E-state index in [0.29, 0.717) is 5.56 Å². The fraction of sp³-hybridized carbons (Fsp3) is 0.533. The van der Waals surface area contributed by atoms with E-state index < -0.39 is 5.82 Å². The number of para-hydroxylation sites is 1. The van der Waals surface area contributed by atoms with Gasteiger partial charge >= 0.3 is 0 Å². The number of amides is 1. The first-order valence-corrected chi connectivity index (χ1v) is 7.00. The van der Waals surface area contributed by atoms with E-state index >= 15 is 0 Å². The van der Waals surface area contributed by atoms with E-state index in [4.69, 9.17) is 5.73 Å². The van der Waals surface area contributed by atoms with Crippen molar-refractivity contribution >= 4 is 11.6 Å². The summed E-state index contributed by atoms with van der Waals surface area (Å²) in [5, 5.41) is 0. The van der Waals surface area contributed by atoms with Gasteiger partial charge < -0.3 is 10.6 Å². The smallest absolute Gasteiger partial charge is 0.256 e. The number of benzene rings is 1. The summed E-state index contributed by atoms with van der Waals surface area (Å²) in [6.45, 7) is 2.83. The third-order valence-corrected chi connectivity index (χ3v) is 3.89. The molecular formula is C15H21FN2O. The maximum Gasteiger partial charge on any atom is 0.256 e. The predicted octanol–water partition coefficient (Wildman–Crippen LogP) is 3.20. The lowest BCUT2D eigenvalue weighted by Crippen LogP contribution is -2.40. The zero-order valence-corrected chi connectivity index (χ0v) is 11.4. The molecule has 0 radical (unpaired) electrons. The summed E-state index contributed by atoms with van der Waals surface area (Å²) in [6.07, 6.45) is 5.27. The third kappa shape index (κ3) is 2.88. The van der Waals surface area contributed by atoms with E-state index in [1.807, 2.05) is 4.90 Å². The molecule has 1 fully saturated rings. The van der Waals surface area contributed by atoms with Crippen molar-refractivity contribution in [2.75, 3.05) is 12.3 Å². The molecule has 19 heavy (non-hydrogen) atoms. The van der Waals surface area contributed by atoms with E-state index in [0.717, 1.165) is 38.6 Å². The Balaban J connectivity index is 2.28. The molecule has 1 atom stereocenters. The van der Waals surface area contributed by atoms with Crippen LogP contribution in [-0.2, 0) is 0 Å². The highest BCUT2D eigenvalue weighted by Crippen LogP contribution is 2.24. The molecule has 0 aliphatic carbocycles. The van der Waals surface area contributed by atoms with Gasteiger partial charge in [-0.25, -0.2) is 4.39 Å². The SMILES string of the molecule is CCC1CCCCCN1C(=O)c1cccc(F)c1N. The number of halogens is 1. The second kappa shape index (κ2) is 6.04. The molecule has 3 nitrogen and oxygen atoms in total. The Morgan fingerprint density at radius 2 is 2.21 bits per heavy atom. The number of rotatable bonds is 2. The standard InChI is InChI=1S/C15H21FN2O/c1-2-11-7-4-3-5-10-18(11)15(19)12-8-6-9-13(16)14(12)17/h6,8-9,11H,2-5,7,10,17H2,1H3. The summed E-state index contributed by atoms with van der Waals surface area (Å²) in [5.41, 5.74) is 5.95. The predicted molar refractivity (Wildman–Crippen MR) is 74.4 cm³/mol. The molecule has 0 bridgehead atoms. The number of likely N-dealkylation sites (tertiary alicyclic amines) is 1. The summed E-state index contributed by atoms with van der Waals surface area (Å²) in [4.78, 5) is 14.4. The molecule has 1 saturated heterocycles. The second-order valence-electron chi connectivity index (χ2n) is 5.11. The van der Waals surface area contributed by atoms with E-state index in [2.05, 4.69) is 6.92 Å². The minimum absolute atomic E-state index is 0.0356. The van der Waals surface area contributed by atoms with Crippen LogP contribution in [0.2, 0.25) is 0 Å². The Bertz CT molecular complexity index is 461. The lowest BCUT2D eigenvalue weighted by atomic mass is 10.1. The molecule has 4 heteroatoms. The van der Waals surface area contributed by atoms with Crippen LogP contribution in [0.4, 0.5) is 10.1 Å². The van der Waals surface area contributed by atoms with Gasteiger partial charge in [0.25, 0.3) is 5.91 Å². The zero-order chi connectivity index (χ0) is 13.8. The van der Waals surface area contributed by atoms with Crippen LogP contribution in [0.25, 0.3) is 0 Å². The van der Waals surface area contributed by atoms with Crippen molar-refractivity contribution in [1.82, 2.24) is 4.90 Å². The van der Waals surface area contributed by atoms with Crippen LogP contribution in [0.3, 0.4) is 0 Å². The molecule has 1 heterocycles. The number of nitrogen functional groups attached to an aromatic ring is 1. The van der Waals surface area contributed by atoms with Crippen LogP contribution in [0.15, 0.2) is 18.2 Å². The summed E-state index contributed by atoms with van der Waals surface area (Å²) in [6, 6.07) is 4.68. The Morgan fingerprint density at radius 1 is 1.42 bits per heavy atom. The number of hydrogen-bond acceptors (Lipinski definition) is 2. The molecular weight excluding hydrogens is 243 g/mol. The lowest BCUT2D eigenvalue weighted by molar-refractivity contribution is 0.0679. The van der Waals surface area contributed by atoms with Crippen molar-refractivity contribution < 1.29 is 9.18 Å². The van der Waals surface area contributed by atoms with Gasteiger partial charge in [-0.1, -0.05) is 25.8 Å². The molecule has 1 aromatic rings. The quantitative estimate of drug-likeness (QED) is 0.834. The van der Waals surface area contributed by atoms with E-state index in [9.17, 15) is 9.18 Å². The van der Waals surface area contributed by atoms with Crippen molar-refractivity contribution in [2.45, 2.75) is 45.1 Å². The van der Waals surface area contributed by atoms with Gasteiger partial charge in [0.2, 0.25) is 0 Å². The Labute approximate surface area is 113 Å². The van der Waals surface area contributed by atoms with Gasteiger partial charge in [-0.2, -0.15) is 0 Å². The van der Waals surface area contributed by atoms with Crippen molar-refractivity contribution in [2.24, 2.45) is 0 Å². The fourth-order valence-corrected chi connectivity index (χ4v) is 2.75. The Kier molecular flexibility index (Phi) is 4.40. The monoisotopic (exact) mass is 264 g/mol. The third-order valence-electron chi connectivity index (χ3n) is 3.89. The molecule has 1 amide bonds. The number of carbonyl (C=O) groups excluding carboxylic acids is 1. The summed E-state index contributed by atoms with van der Waals surface area (Å²) in [5.74, 6) is -0.653. The highest BCUT2D eigenvalue weighted by Gasteiger charge is 2.26. The average Bonchev–Trinajstić information content (AvgIpc) is 2.66. The van der Waals surface area contributed by atoms with Crippen LogP contribution in [-0.4, -0.2) is 23.4 Å². The van der Waals surface area contributed by atoms with Gasteiger partial charge in [0.1, 0.15) is 5.82 Å². The molecule has 2 N–H and O–H groups in total. The maximum absolute atomic E-state index is 13.5. The normalized spacial score (nSPS) is 20.1. The van der Waals surface area contributed by atoms with Crippen LogP contribution in [0.5, 0.6) is 0 Å². The number of carbonyl (C=O) groups is 1. The number of hydrogen-bond donors (Lipinski definition) is 1. The Morgan fingerprint density at radius 3 is 2.95 bits per heavy atom. The van der Waals surface area contributed by atoms with Crippen molar-refractivity contribution in [3.63, 3.8) is 0 Å². The Hall–Kier alpha value is -1.58. The molecule has 1 aliphatic heterocycles. The van der Waals surface area contributed by atoms with Crippen LogP contribution < -0.4 is 5.73 Å². The highest BCUT2D eigenvalue weighted by molar-refractivity contribution is 5.99. The summed E-state index contributed by atoms with van der Waals surface area (Å²) in [7, 11) is 0. The molecule has 1 aromatic carbocycles. The number of nitrogens with two attached hydrogens (primary N) is 1. The van der Waals surface area contributed by atoms with Crippen LogP contribution in [0, 0.1) is 5.82 Å². The van der Waals surface area contributed by atoms with E-state index in [1.54, 1.807) is 6.07 Å². The summed E-state index contributed by atoms with van der Waals surface area (Å²) >= 11 is 0. The van der Waals surface area contributed by atoms with Crippen molar-refractivity contribution in [3.05, 3.63) is 29.6 Å². The summed E-state index contributed by atoms with van der Waals surface area (Å²) < 4.78 is 13.5. The van der Waals surface area contributed by atoms with E-state index in [1.165, 1.54) is 12.1 Å². The van der Waals surface area contributed by atoms with Crippen LogP contribution >= 0.6 is 0 Å². The largest absolute Gasteiger partial charge is 0.396 e. The maximum atomic E-state index is 13.5. The van der Waals surface area contributed by atoms with Gasteiger partial charge in [-0.05, 0) is 31.4 Å². The molecule has 1 unspecified atom stereocenters. The molecule has 0 saturated carbocycles. The average molecular weight is 264 g/mol. The molecule has 0 spiro atoms. The first-order chi connectivity index (χ1) is 9.15. The lowest BCUT2D eigenvalue weighted by Gasteiger charge is -2.29. The highest BCUT2D eigenvalue weighted by atomic mass is 19.1. The minimum Gasteiger partial charge on any atom is -0.396 e. The minimum atomic E-state index is -0.520. The van der Waals surface area contributed by atoms with Gasteiger partial charge in [0.05, 0.1) is 11.3 Å². The van der Waals surface area contributed by atoms with Crippen molar-refractivity contribution in [1.29, 1.82) is 0 Å². The number of anilines is 1. The first-order valence-electron chi connectivity index (χ1n) is 7.00.